The summed E-state index contributed by atoms with van der Waals surface area (Å²) < 4.78 is 6.69. The fourth-order valence-corrected chi connectivity index (χ4v) is 3.50. The van der Waals surface area contributed by atoms with Crippen molar-refractivity contribution in [3.63, 3.8) is 0 Å². The Morgan fingerprint density at radius 2 is 1.96 bits per heavy atom. The smallest absolute Gasteiger partial charge is 0.279 e. The Hall–Kier alpha value is -2.63. The summed E-state index contributed by atoms with van der Waals surface area (Å²) >= 11 is 0. The average molecular weight is 369 g/mol. The SMILES string of the molecule is CCCNC(=O)c1cc(-c2ccc(OC)cc2)nn(CC2CCCC2)c1=O. The highest BCUT2D eigenvalue weighted by atomic mass is 16.5. The van der Waals surface area contributed by atoms with E-state index in [4.69, 9.17) is 4.74 Å². The number of nitrogens with one attached hydrogen (secondary N) is 1. The molecular formula is C21H27N3O3. The molecule has 0 atom stereocenters. The minimum atomic E-state index is -0.334. The lowest BCUT2D eigenvalue weighted by molar-refractivity contribution is 0.0951. The van der Waals surface area contributed by atoms with Gasteiger partial charge in [-0.15, -0.1) is 0 Å². The van der Waals surface area contributed by atoms with E-state index in [-0.39, 0.29) is 17.0 Å². The largest absolute Gasteiger partial charge is 0.497 e. The summed E-state index contributed by atoms with van der Waals surface area (Å²) in [5.74, 6) is 0.867. The molecule has 1 saturated carbocycles. The third kappa shape index (κ3) is 4.56. The third-order valence-corrected chi connectivity index (χ3v) is 5.05. The fraction of sp³-hybridized carbons (Fsp3) is 0.476. The van der Waals surface area contributed by atoms with E-state index in [9.17, 15) is 9.59 Å². The highest BCUT2D eigenvalue weighted by Gasteiger charge is 2.20. The number of carbonyl (C=O) groups excluding carboxylic acids is 1. The molecule has 0 saturated heterocycles. The zero-order chi connectivity index (χ0) is 19.2. The van der Waals surface area contributed by atoms with Gasteiger partial charge in [0.2, 0.25) is 0 Å². The molecule has 6 heteroatoms. The van der Waals surface area contributed by atoms with Crippen molar-refractivity contribution in [3.05, 3.63) is 46.2 Å². The average Bonchev–Trinajstić information content (AvgIpc) is 3.21. The number of rotatable bonds is 7. The topological polar surface area (TPSA) is 73.2 Å². The quantitative estimate of drug-likeness (QED) is 0.813. The number of aromatic nitrogens is 2. The van der Waals surface area contributed by atoms with Gasteiger partial charge in [-0.2, -0.15) is 5.10 Å². The van der Waals surface area contributed by atoms with Crippen LogP contribution in [0.15, 0.2) is 35.1 Å². The van der Waals surface area contributed by atoms with Crippen LogP contribution in [0, 0.1) is 5.92 Å². The van der Waals surface area contributed by atoms with E-state index in [2.05, 4.69) is 10.4 Å². The van der Waals surface area contributed by atoms with Gasteiger partial charge >= 0.3 is 0 Å². The van der Waals surface area contributed by atoms with Gasteiger partial charge in [0.1, 0.15) is 11.3 Å². The molecule has 0 spiro atoms. The molecule has 1 aromatic heterocycles. The van der Waals surface area contributed by atoms with E-state index in [0.29, 0.717) is 24.7 Å². The number of methoxy groups -OCH3 is 1. The van der Waals surface area contributed by atoms with Gasteiger partial charge in [0.25, 0.3) is 11.5 Å². The van der Waals surface area contributed by atoms with Crippen LogP contribution in [0.2, 0.25) is 0 Å². The molecule has 144 valence electrons. The van der Waals surface area contributed by atoms with Gasteiger partial charge in [0.15, 0.2) is 0 Å². The summed E-state index contributed by atoms with van der Waals surface area (Å²) in [5, 5.41) is 7.38. The highest BCUT2D eigenvalue weighted by Crippen LogP contribution is 2.26. The summed E-state index contributed by atoms with van der Waals surface area (Å²) in [6.45, 7) is 3.09. The Balaban J connectivity index is 2.00. The van der Waals surface area contributed by atoms with Crippen LogP contribution in [0.4, 0.5) is 0 Å². The van der Waals surface area contributed by atoms with Crippen LogP contribution in [-0.2, 0) is 6.54 Å². The molecule has 1 aliphatic carbocycles. The minimum Gasteiger partial charge on any atom is -0.497 e. The van der Waals surface area contributed by atoms with Crippen LogP contribution in [0.5, 0.6) is 5.75 Å². The van der Waals surface area contributed by atoms with Crippen LogP contribution in [-0.4, -0.2) is 29.3 Å². The normalized spacial score (nSPS) is 14.3. The third-order valence-electron chi connectivity index (χ3n) is 5.05. The van der Waals surface area contributed by atoms with E-state index in [1.807, 2.05) is 31.2 Å². The number of hydrogen-bond donors (Lipinski definition) is 1. The number of hydrogen-bond acceptors (Lipinski definition) is 4. The summed E-state index contributed by atoms with van der Waals surface area (Å²) in [7, 11) is 1.62. The zero-order valence-electron chi connectivity index (χ0n) is 16.0. The molecule has 6 nitrogen and oxygen atoms in total. The van der Waals surface area contributed by atoms with E-state index in [1.54, 1.807) is 13.2 Å². The van der Waals surface area contributed by atoms with Crippen molar-refractivity contribution < 1.29 is 9.53 Å². The van der Waals surface area contributed by atoms with Gasteiger partial charge < -0.3 is 10.1 Å². The molecule has 1 aliphatic rings. The zero-order valence-corrected chi connectivity index (χ0v) is 16.0. The predicted molar refractivity (Wildman–Crippen MR) is 105 cm³/mol. The van der Waals surface area contributed by atoms with Gasteiger partial charge in [-0.1, -0.05) is 19.8 Å². The summed E-state index contributed by atoms with van der Waals surface area (Å²) in [6.07, 6.45) is 5.43. The Morgan fingerprint density at radius 1 is 1.26 bits per heavy atom. The molecule has 1 aromatic carbocycles. The molecule has 0 unspecified atom stereocenters. The molecule has 0 bridgehead atoms. The number of carbonyl (C=O) groups is 1. The molecule has 2 aromatic rings. The second-order valence-electron chi connectivity index (χ2n) is 7.07. The van der Waals surface area contributed by atoms with Crippen LogP contribution >= 0.6 is 0 Å². The van der Waals surface area contributed by atoms with Crippen LogP contribution in [0.1, 0.15) is 49.4 Å². The Labute approximate surface area is 159 Å². The lowest BCUT2D eigenvalue weighted by atomic mass is 10.1. The molecule has 0 aliphatic heterocycles. The van der Waals surface area contributed by atoms with Crippen molar-refractivity contribution >= 4 is 5.91 Å². The summed E-state index contributed by atoms with van der Waals surface area (Å²) in [5.41, 5.74) is 1.31. The first-order valence-corrected chi connectivity index (χ1v) is 9.67. The number of amides is 1. The van der Waals surface area contributed by atoms with Crippen molar-refractivity contribution in [1.82, 2.24) is 15.1 Å². The standard InChI is InChI=1S/C21H27N3O3/c1-3-12-22-20(25)18-13-19(16-8-10-17(27-2)11-9-16)23-24(21(18)26)14-15-6-4-5-7-15/h8-11,13,15H,3-7,12,14H2,1-2H3,(H,22,25). The van der Waals surface area contributed by atoms with Gasteiger partial charge in [0, 0.05) is 18.7 Å². The van der Waals surface area contributed by atoms with Crippen LogP contribution in [0.25, 0.3) is 11.3 Å². The maximum Gasteiger partial charge on any atom is 0.279 e. The van der Waals surface area contributed by atoms with E-state index < -0.39 is 0 Å². The molecule has 1 fully saturated rings. The summed E-state index contributed by atoms with van der Waals surface area (Å²) in [6, 6.07) is 9.07. The van der Waals surface area contributed by atoms with Crippen molar-refractivity contribution in [2.24, 2.45) is 5.92 Å². The first-order valence-electron chi connectivity index (χ1n) is 9.67. The van der Waals surface area contributed by atoms with E-state index in [1.165, 1.54) is 17.5 Å². The lowest BCUT2D eigenvalue weighted by Gasteiger charge is -2.14. The Morgan fingerprint density at radius 3 is 2.59 bits per heavy atom. The molecule has 1 amide bonds. The monoisotopic (exact) mass is 369 g/mol. The second kappa shape index (κ2) is 8.84. The van der Waals surface area contributed by atoms with E-state index in [0.717, 1.165) is 30.6 Å². The first kappa shape index (κ1) is 19.1. The lowest BCUT2D eigenvalue weighted by Crippen LogP contribution is -2.35. The Kier molecular flexibility index (Phi) is 6.27. The maximum atomic E-state index is 12.9. The van der Waals surface area contributed by atoms with Gasteiger partial charge in [-0.05, 0) is 55.5 Å². The second-order valence-corrected chi connectivity index (χ2v) is 7.07. The number of ether oxygens (including phenoxy) is 1. The minimum absolute atomic E-state index is 0.155. The van der Waals surface area contributed by atoms with Gasteiger partial charge in [-0.3, -0.25) is 9.59 Å². The fourth-order valence-electron chi connectivity index (χ4n) is 3.50. The predicted octanol–water partition coefficient (Wildman–Crippen LogP) is 3.25. The number of nitrogens with zero attached hydrogens (tertiary/aromatic N) is 2. The van der Waals surface area contributed by atoms with Crippen molar-refractivity contribution in [3.8, 4) is 17.0 Å². The molecule has 1 heterocycles. The van der Waals surface area contributed by atoms with E-state index >= 15 is 0 Å². The molecule has 27 heavy (non-hydrogen) atoms. The molecule has 3 rings (SSSR count). The van der Waals surface area contributed by atoms with Gasteiger partial charge in [-0.25, -0.2) is 4.68 Å². The van der Waals surface area contributed by atoms with Crippen LogP contribution in [0.3, 0.4) is 0 Å². The molecular weight excluding hydrogens is 342 g/mol. The number of benzene rings is 1. The van der Waals surface area contributed by atoms with Crippen molar-refractivity contribution in [2.45, 2.75) is 45.6 Å². The molecule has 0 radical (unpaired) electrons. The van der Waals surface area contributed by atoms with Crippen LogP contribution < -0.4 is 15.6 Å². The Bertz CT molecular complexity index is 837. The highest BCUT2D eigenvalue weighted by molar-refractivity contribution is 5.94. The summed E-state index contributed by atoms with van der Waals surface area (Å²) in [4.78, 5) is 25.4. The first-order chi connectivity index (χ1) is 13.1. The maximum absolute atomic E-state index is 12.9. The van der Waals surface area contributed by atoms with Crippen molar-refractivity contribution in [1.29, 1.82) is 0 Å². The van der Waals surface area contributed by atoms with Crippen molar-refractivity contribution in [2.75, 3.05) is 13.7 Å². The molecule has 1 N–H and O–H groups in total. The van der Waals surface area contributed by atoms with Gasteiger partial charge in [0.05, 0.1) is 12.8 Å².